The Morgan fingerprint density at radius 1 is 0.364 bits per heavy atom. The van der Waals surface area contributed by atoms with E-state index in [4.69, 9.17) is 22.2 Å². The van der Waals surface area contributed by atoms with E-state index in [0.717, 1.165) is 6.04 Å². The lowest BCUT2D eigenvalue weighted by Crippen LogP contribution is -2.11. The second kappa shape index (κ2) is 28.1. The molecule has 0 fully saturated rings. The van der Waals surface area contributed by atoms with E-state index >= 15 is 0 Å². The van der Waals surface area contributed by atoms with Crippen LogP contribution in [-0.2, 0) is 0 Å². The molecule has 0 spiro atoms. The van der Waals surface area contributed by atoms with Crippen LogP contribution in [0, 0.1) is 0 Å². The van der Waals surface area contributed by atoms with E-state index < -0.39 is 6.69 Å². The molecule has 0 nitrogen and oxygen atoms in total. The third-order valence-corrected chi connectivity index (χ3v) is 10.1. The summed E-state index contributed by atoms with van der Waals surface area (Å²) in [6.07, 6.45) is 37.6. The molecule has 0 saturated heterocycles. The molecular formula is C29H59Cl2ISi. The molecule has 0 unspecified atom stereocenters. The van der Waals surface area contributed by atoms with Crippen molar-refractivity contribution in [1.82, 2.24) is 0 Å². The largest absolute Gasteiger partial charge is 0.248 e. The highest BCUT2D eigenvalue weighted by Gasteiger charge is 2.19. The third-order valence-electron chi connectivity index (χ3n) is 7.00. The monoisotopic (exact) mass is 632 g/mol. The summed E-state index contributed by atoms with van der Waals surface area (Å²) in [5.74, 6) is 0. The molecule has 33 heavy (non-hydrogen) atoms. The van der Waals surface area contributed by atoms with Crippen LogP contribution in [0.2, 0.25) is 12.6 Å². The molecule has 0 bridgehead atoms. The molecule has 0 aliphatic rings. The first-order valence-electron chi connectivity index (χ1n) is 15.0. The van der Waals surface area contributed by atoms with Crippen LogP contribution in [-0.4, -0.2) is 11.1 Å². The summed E-state index contributed by atoms with van der Waals surface area (Å²) >= 11 is 14.8. The van der Waals surface area contributed by atoms with Crippen molar-refractivity contribution in [3.63, 3.8) is 0 Å². The molecular weight excluding hydrogens is 574 g/mol. The van der Waals surface area contributed by atoms with Crippen LogP contribution < -0.4 is 0 Å². The van der Waals surface area contributed by atoms with E-state index in [2.05, 4.69) is 22.6 Å². The highest BCUT2D eigenvalue weighted by Crippen LogP contribution is 2.23. The van der Waals surface area contributed by atoms with Crippen LogP contribution in [0.4, 0.5) is 0 Å². The molecule has 0 rings (SSSR count). The van der Waals surface area contributed by atoms with Crippen LogP contribution in [0.15, 0.2) is 0 Å². The molecule has 0 aromatic rings. The molecule has 4 heteroatoms. The Labute approximate surface area is 234 Å². The summed E-state index contributed by atoms with van der Waals surface area (Å²) in [4.78, 5) is 0. The lowest BCUT2D eigenvalue weighted by atomic mass is 10.0. The quantitative estimate of drug-likeness (QED) is 0.0264. The molecule has 0 radical (unpaired) electrons. The first kappa shape index (κ1) is 34.5. The highest BCUT2D eigenvalue weighted by molar-refractivity contribution is 14.1. The smallest absolute Gasteiger partial charge is 0.146 e. The number of hydrogen-bond donors (Lipinski definition) is 0. The molecule has 0 aromatic carbocycles. The van der Waals surface area contributed by atoms with Crippen LogP contribution in [0.1, 0.15) is 167 Å². The summed E-state index contributed by atoms with van der Waals surface area (Å²) in [6, 6.07) is 1.06. The molecule has 0 heterocycles. The Bertz CT molecular complexity index is 360. The second-order valence-corrected chi connectivity index (χ2v) is 20.0. The fourth-order valence-corrected chi connectivity index (χ4v) is 6.98. The number of alkyl halides is 1. The molecule has 0 aliphatic heterocycles. The van der Waals surface area contributed by atoms with Gasteiger partial charge in [0.1, 0.15) is 0 Å². The summed E-state index contributed by atoms with van der Waals surface area (Å²) in [6.45, 7) is 0.204. The van der Waals surface area contributed by atoms with Gasteiger partial charge in [-0.15, -0.1) is 22.2 Å². The number of halogens is 3. The lowest BCUT2D eigenvalue weighted by Gasteiger charge is -2.09. The average Bonchev–Trinajstić information content (AvgIpc) is 2.78. The molecule has 0 atom stereocenters. The molecule has 0 N–H and O–H groups in total. The predicted octanol–water partition coefficient (Wildman–Crippen LogP) is 13.1. The third kappa shape index (κ3) is 33.5. The molecule has 0 aliphatic carbocycles. The van der Waals surface area contributed by atoms with Gasteiger partial charge in [0, 0.05) is 0 Å². The van der Waals surface area contributed by atoms with Gasteiger partial charge in [-0.05, 0) is 23.4 Å². The Kier molecular flexibility index (Phi) is 29.4. The first-order valence-corrected chi connectivity index (χ1v) is 21.3. The van der Waals surface area contributed by atoms with Gasteiger partial charge in [0.05, 0.1) is 0 Å². The van der Waals surface area contributed by atoms with Crippen LogP contribution >= 0.6 is 44.7 Å². The van der Waals surface area contributed by atoms with E-state index in [-0.39, 0.29) is 0 Å². The zero-order valence-electron chi connectivity index (χ0n) is 22.4. The maximum atomic E-state index is 6.15. The van der Waals surface area contributed by atoms with Crippen molar-refractivity contribution < 1.29 is 0 Å². The van der Waals surface area contributed by atoms with Crippen LogP contribution in [0.25, 0.3) is 0 Å². The van der Waals surface area contributed by atoms with E-state index in [1.165, 1.54) is 171 Å². The Balaban J connectivity index is 3.03. The van der Waals surface area contributed by atoms with Gasteiger partial charge in [-0.25, -0.2) is 0 Å². The van der Waals surface area contributed by atoms with Crippen LogP contribution in [0.3, 0.4) is 0 Å². The van der Waals surface area contributed by atoms with Gasteiger partial charge in [0.2, 0.25) is 6.69 Å². The summed E-state index contributed by atoms with van der Waals surface area (Å²) in [5.41, 5.74) is 0. The summed E-state index contributed by atoms with van der Waals surface area (Å²) in [5, 5.41) is 0. The first-order chi connectivity index (χ1) is 16.1. The minimum atomic E-state index is -1.83. The molecule has 0 saturated carbocycles. The van der Waals surface area contributed by atoms with Gasteiger partial charge >= 0.3 is 0 Å². The molecule has 200 valence electrons. The van der Waals surface area contributed by atoms with Gasteiger partial charge in [0.25, 0.3) is 0 Å². The van der Waals surface area contributed by atoms with E-state index in [1.807, 2.05) is 6.55 Å². The average molecular weight is 634 g/mol. The van der Waals surface area contributed by atoms with Gasteiger partial charge in [0.15, 0.2) is 0 Å². The minimum Gasteiger partial charge on any atom is -0.146 e. The molecule has 0 amide bonds. The van der Waals surface area contributed by atoms with Crippen molar-refractivity contribution >= 4 is 51.4 Å². The van der Waals surface area contributed by atoms with Crippen molar-refractivity contribution in [3.8, 4) is 0 Å². The van der Waals surface area contributed by atoms with Crippen molar-refractivity contribution in [2.75, 3.05) is 4.43 Å². The lowest BCUT2D eigenvalue weighted by molar-refractivity contribution is 0.516. The van der Waals surface area contributed by atoms with Gasteiger partial charge in [-0.3, -0.25) is 0 Å². The van der Waals surface area contributed by atoms with Crippen molar-refractivity contribution in [3.05, 3.63) is 0 Å². The predicted molar refractivity (Wildman–Crippen MR) is 167 cm³/mol. The number of hydrogen-bond acceptors (Lipinski definition) is 0. The fraction of sp³-hybridized carbons (Fsp3) is 1.00. The number of unbranched alkanes of at least 4 members (excludes halogenated alkanes) is 25. The summed E-state index contributed by atoms with van der Waals surface area (Å²) < 4.78 is 1.34. The highest BCUT2D eigenvalue weighted by atomic mass is 127. The topological polar surface area (TPSA) is 0 Å². The van der Waals surface area contributed by atoms with Crippen molar-refractivity contribution in [2.45, 2.75) is 180 Å². The summed E-state index contributed by atoms with van der Waals surface area (Å²) in [7, 11) is 0. The standard InChI is InChI=1S/C29H59Cl2ISi/c1-33(30,31)29-27-25-23-21-19-17-15-13-11-9-7-5-3-2-4-6-8-10-12-14-16-18-20-22-24-26-28-32/h2-29H2,1H3. The zero-order valence-corrected chi connectivity index (χ0v) is 27.1. The van der Waals surface area contributed by atoms with Crippen LogP contribution in [0.5, 0.6) is 0 Å². The number of rotatable bonds is 28. The van der Waals surface area contributed by atoms with Gasteiger partial charge < -0.3 is 0 Å². The maximum Gasteiger partial charge on any atom is 0.248 e. The molecule has 0 aromatic heterocycles. The normalized spacial score (nSPS) is 12.0. The van der Waals surface area contributed by atoms with E-state index in [0.29, 0.717) is 0 Å². The fourth-order valence-electron chi connectivity index (χ4n) is 4.77. The van der Waals surface area contributed by atoms with E-state index in [9.17, 15) is 0 Å². The Morgan fingerprint density at radius 2 is 0.545 bits per heavy atom. The SMILES string of the molecule is C[Si](Cl)(Cl)CCCCCCCCCCCCCCCCCCCCCCCCCCCCI. The Morgan fingerprint density at radius 3 is 0.727 bits per heavy atom. The van der Waals surface area contributed by atoms with Gasteiger partial charge in [-0.2, -0.15) is 0 Å². The van der Waals surface area contributed by atoms with Gasteiger partial charge in [-0.1, -0.05) is 183 Å². The minimum absolute atomic E-state index is 1.06. The van der Waals surface area contributed by atoms with E-state index in [1.54, 1.807) is 0 Å². The van der Waals surface area contributed by atoms with Crippen molar-refractivity contribution in [2.24, 2.45) is 0 Å². The second-order valence-electron chi connectivity index (χ2n) is 10.7. The maximum absolute atomic E-state index is 6.15. The zero-order chi connectivity index (χ0) is 24.3. The van der Waals surface area contributed by atoms with Crippen molar-refractivity contribution in [1.29, 1.82) is 0 Å². The Hall–Kier alpha value is 1.53.